The molecule has 0 aliphatic heterocycles. The maximum Gasteiger partial charge on any atom is 0.0597 e. The standard InChI is InChI=1S/C10H24N2O/c1-5-10(6-2)12(4)7-9(8-13)11-3/h9-11,13H,5-8H2,1-4H3. The first kappa shape index (κ1) is 12.9. The van der Waals surface area contributed by atoms with Crippen LogP contribution in [0.4, 0.5) is 0 Å². The van der Waals surface area contributed by atoms with Gasteiger partial charge in [0.25, 0.3) is 0 Å². The fraction of sp³-hybridized carbons (Fsp3) is 1.00. The number of hydrogen-bond donors (Lipinski definition) is 2. The van der Waals surface area contributed by atoms with Crippen molar-refractivity contribution in [3.8, 4) is 0 Å². The van der Waals surface area contributed by atoms with Crippen LogP contribution in [-0.4, -0.2) is 49.3 Å². The normalized spacial score (nSPS) is 14.1. The van der Waals surface area contributed by atoms with Gasteiger partial charge in [0, 0.05) is 18.6 Å². The van der Waals surface area contributed by atoms with Gasteiger partial charge in [-0.3, -0.25) is 0 Å². The van der Waals surface area contributed by atoms with Crippen LogP contribution < -0.4 is 5.32 Å². The molecule has 0 aliphatic carbocycles. The van der Waals surface area contributed by atoms with E-state index in [1.807, 2.05) is 7.05 Å². The zero-order valence-corrected chi connectivity index (χ0v) is 9.38. The van der Waals surface area contributed by atoms with Crippen LogP contribution in [0.5, 0.6) is 0 Å². The number of hydrogen-bond acceptors (Lipinski definition) is 3. The molecule has 0 aliphatic rings. The van der Waals surface area contributed by atoms with Gasteiger partial charge in [-0.25, -0.2) is 0 Å². The molecule has 1 unspecified atom stereocenters. The predicted octanol–water partition coefficient (Wildman–Crippen LogP) is 0.687. The van der Waals surface area contributed by atoms with E-state index in [0.29, 0.717) is 6.04 Å². The van der Waals surface area contributed by atoms with Crippen molar-refractivity contribution in [2.24, 2.45) is 0 Å². The van der Waals surface area contributed by atoms with Crippen LogP contribution in [0.25, 0.3) is 0 Å². The number of aliphatic hydroxyl groups is 1. The third-order valence-electron chi connectivity index (χ3n) is 2.70. The van der Waals surface area contributed by atoms with Crippen molar-refractivity contribution < 1.29 is 5.11 Å². The van der Waals surface area contributed by atoms with Gasteiger partial charge in [0.15, 0.2) is 0 Å². The molecule has 0 rings (SSSR count). The molecule has 13 heavy (non-hydrogen) atoms. The van der Waals surface area contributed by atoms with Crippen molar-refractivity contribution in [3.63, 3.8) is 0 Å². The first-order chi connectivity index (χ1) is 6.19. The zero-order chi connectivity index (χ0) is 10.3. The average molecular weight is 188 g/mol. The van der Waals surface area contributed by atoms with Crippen LogP contribution in [0.1, 0.15) is 26.7 Å². The summed E-state index contributed by atoms with van der Waals surface area (Å²) in [5, 5.41) is 12.1. The lowest BCUT2D eigenvalue weighted by atomic mass is 10.1. The van der Waals surface area contributed by atoms with E-state index in [0.717, 1.165) is 6.54 Å². The Morgan fingerprint density at radius 2 is 1.85 bits per heavy atom. The number of nitrogens with zero attached hydrogens (tertiary/aromatic N) is 1. The highest BCUT2D eigenvalue weighted by Gasteiger charge is 2.14. The monoisotopic (exact) mass is 188 g/mol. The molecule has 0 saturated heterocycles. The third-order valence-corrected chi connectivity index (χ3v) is 2.70. The summed E-state index contributed by atoms with van der Waals surface area (Å²) in [5.41, 5.74) is 0. The lowest BCUT2D eigenvalue weighted by Crippen LogP contribution is -2.43. The number of rotatable bonds is 7. The van der Waals surface area contributed by atoms with Gasteiger partial charge in [-0.1, -0.05) is 13.8 Å². The van der Waals surface area contributed by atoms with Crippen LogP contribution in [0.2, 0.25) is 0 Å². The topological polar surface area (TPSA) is 35.5 Å². The Labute approximate surface area is 82.1 Å². The molecule has 80 valence electrons. The Morgan fingerprint density at radius 3 is 2.15 bits per heavy atom. The first-order valence-corrected chi connectivity index (χ1v) is 5.17. The summed E-state index contributed by atoms with van der Waals surface area (Å²) in [6.45, 7) is 5.54. The quantitative estimate of drug-likeness (QED) is 0.617. The van der Waals surface area contributed by atoms with Crippen molar-refractivity contribution in [1.82, 2.24) is 10.2 Å². The van der Waals surface area contributed by atoms with Crippen molar-refractivity contribution in [2.75, 3.05) is 27.2 Å². The van der Waals surface area contributed by atoms with Gasteiger partial charge in [-0.05, 0) is 26.9 Å². The van der Waals surface area contributed by atoms with E-state index in [2.05, 4.69) is 31.1 Å². The maximum atomic E-state index is 9.01. The van der Waals surface area contributed by atoms with Gasteiger partial charge < -0.3 is 15.3 Å². The molecule has 0 saturated carbocycles. The smallest absolute Gasteiger partial charge is 0.0597 e. The van der Waals surface area contributed by atoms with Gasteiger partial charge >= 0.3 is 0 Å². The second-order valence-electron chi connectivity index (χ2n) is 3.58. The van der Waals surface area contributed by atoms with E-state index >= 15 is 0 Å². The van der Waals surface area contributed by atoms with Crippen LogP contribution in [0.15, 0.2) is 0 Å². The highest BCUT2D eigenvalue weighted by molar-refractivity contribution is 4.72. The Bertz CT molecular complexity index is 111. The molecule has 0 bridgehead atoms. The van der Waals surface area contributed by atoms with Gasteiger partial charge in [0.2, 0.25) is 0 Å². The summed E-state index contributed by atoms with van der Waals surface area (Å²) in [7, 11) is 4.01. The van der Waals surface area contributed by atoms with Gasteiger partial charge in [-0.2, -0.15) is 0 Å². The summed E-state index contributed by atoms with van der Waals surface area (Å²) in [4.78, 5) is 2.32. The van der Waals surface area contributed by atoms with E-state index in [9.17, 15) is 0 Å². The van der Waals surface area contributed by atoms with E-state index < -0.39 is 0 Å². The Morgan fingerprint density at radius 1 is 1.31 bits per heavy atom. The summed E-state index contributed by atoms with van der Waals surface area (Å²) in [6, 6.07) is 0.841. The van der Waals surface area contributed by atoms with Crippen molar-refractivity contribution >= 4 is 0 Å². The summed E-state index contributed by atoms with van der Waals surface area (Å²) in [5.74, 6) is 0. The highest BCUT2D eigenvalue weighted by Crippen LogP contribution is 2.06. The molecule has 0 spiro atoms. The molecule has 3 nitrogen and oxygen atoms in total. The SMILES string of the molecule is CCC(CC)N(C)CC(CO)NC. The lowest BCUT2D eigenvalue weighted by Gasteiger charge is -2.29. The Kier molecular flexibility index (Phi) is 7.23. The molecule has 0 fully saturated rings. The summed E-state index contributed by atoms with van der Waals surface area (Å²) in [6.07, 6.45) is 2.35. The van der Waals surface area contributed by atoms with E-state index in [-0.39, 0.29) is 12.6 Å². The molecule has 3 heteroatoms. The molecule has 0 radical (unpaired) electrons. The average Bonchev–Trinajstić information content (AvgIpc) is 2.16. The van der Waals surface area contributed by atoms with E-state index in [1.165, 1.54) is 12.8 Å². The number of aliphatic hydroxyl groups excluding tert-OH is 1. The van der Waals surface area contributed by atoms with Crippen LogP contribution in [0, 0.1) is 0 Å². The van der Waals surface area contributed by atoms with E-state index in [1.54, 1.807) is 0 Å². The molecular weight excluding hydrogens is 164 g/mol. The molecule has 0 amide bonds. The van der Waals surface area contributed by atoms with Crippen molar-refractivity contribution in [1.29, 1.82) is 0 Å². The van der Waals surface area contributed by atoms with Gasteiger partial charge in [-0.15, -0.1) is 0 Å². The fourth-order valence-corrected chi connectivity index (χ4v) is 1.65. The molecule has 0 aromatic heterocycles. The molecule has 0 heterocycles. The van der Waals surface area contributed by atoms with Gasteiger partial charge in [0.05, 0.1) is 6.61 Å². The Hall–Kier alpha value is -0.120. The molecular formula is C10H24N2O. The van der Waals surface area contributed by atoms with Crippen molar-refractivity contribution in [3.05, 3.63) is 0 Å². The molecule has 2 N–H and O–H groups in total. The second-order valence-corrected chi connectivity index (χ2v) is 3.58. The van der Waals surface area contributed by atoms with Crippen LogP contribution in [-0.2, 0) is 0 Å². The molecule has 1 atom stereocenters. The fourth-order valence-electron chi connectivity index (χ4n) is 1.65. The minimum atomic E-state index is 0.200. The molecule has 0 aromatic rings. The number of nitrogens with one attached hydrogen (secondary N) is 1. The minimum Gasteiger partial charge on any atom is -0.395 e. The lowest BCUT2D eigenvalue weighted by molar-refractivity contribution is 0.167. The van der Waals surface area contributed by atoms with Gasteiger partial charge in [0.1, 0.15) is 0 Å². The third kappa shape index (κ3) is 4.60. The van der Waals surface area contributed by atoms with Crippen molar-refractivity contribution in [2.45, 2.75) is 38.8 Å². The molecule has 0 aromatic carbocycles. The van der Waals surface area contributed by atoms with Crippen LogP contribution >= 0.6 is 0 Å². The first-order valence-electron chi connectivity index (χ1n) is 5.17. The zero-order valence-electron chi connectivity index (χ0n) is 9.38. The minimum absolute atomic E-state index is 0.200. The highest BCUT2D eigenvalue weighted by atomic mass is 16.3. The second kappa shape index (κ2) is 7.30. The van der Waals surface area contributed by atoms with E-state index in [4.69, 9.17) is 5.11 Å². The summed E-state index contributed by atoms with van der Waals surface area (Å²) >= 11 is 0. The predicted molar refractivity (Wildman–Crippen MR) is 56.9 cm³/mol. The Balaban J connectivity index is 3.87. The van der Waals surface area contributed by atoms with Crippen LogP contribution in [0.3, 0.4) is 0 Å². The maximum absolute atomic E-state index is 9.01. The number of likely N-dealkylation sites (N-methyl/N-ethyl adjacent to an activating group) is 2. The summed E-state index contributed by atoms with van der Waals surface area (Å²) < 4.78 is 0. The largest absolute Gasteiger partial charge is 0.395 e.